The SMILES string of the molecule is O=c1[nH]c2cccnc2c2cscc12. The molecule has 0 fully saturated rings. The van der Waals surface area contributed by atoms with E-state index in [-0.39, 0.29) is 5.56 Å². The summed E-state index contributed by atoms with van der Waals surface area (Å²) in [5.41, 5.74) is 1.62. The van der Waals surface area contributed by atoms with Gasteiger partial charge in [0.15, 0.2) is 0 Å². The average Bonchev–Trinajstić information content (AvgIpc) is 2.67. The van der Waals surface area contributed by atoms with Crippen molar-refractivity contribution in [3.8, 4) is 0 Å². The molecule has 0 aliphatic heterocycles. The van der Waals surface area contributed by atoms with Gasteiger partial charge >= 0.3 is 0 Å². The molecule has 0 bridgehead atoms. The monoisotopic (exact) mass is 202 g/mol. The van der Waals surface area contributed by atoms with Crippen molar-refractivity contribution >= 4 is 33.1 Å². The van der Waals surface area contributed by atoms with Crippen LogP contribution in [0.15, 0.2) is 33.9 Å². The van der Waals surface area contributed by atoms with Crippen LogP contribution in [0.5, 0.6) is 0 Å². The Morgan fingerprint density at radius 3 is 3.07 bits per heavy atom. The van der Waals surface area contributed by atoms with E-state index >= 15 is 0 Å². The first-order valence-corrected chi connectivity index (χ1v) is 5.13. The van der Waals surface area contributed by atoms with E-state index in [4.69, 9.17) is 0 Å². The van der Waals surface area contributed by atoms with Crippen molar-refractivity contribution in [1.82, 2.24) is 9.97 Å². The topological polar surface area (TPSA) is 45.8 Å². The second-order valence-corrected chi connectivity index (χ2v) is 3.80. The Hall–Kier alpha value is -1.68. The number of fused-ring (bicyclic) bond motifs is 3. The van der Waals surface area contributed by atoms with Gasteiger partial charge in [-0.1, -0.05) is 0 Å². The lowest BCUT2D eigenvalue weighted by atomic mass is 10.2. The molecule has 0 aliphatic rings. The maximum absolute atomic E-state index is 11.6. The van der Waals surface area contributed by atoms with Gasteiger partial charge in [0, 0.05) is 22.3 Å². The number of hydrogen-bond acceptors (Lipinski definition) is 3. The fourth-order valence-corrected chi connectivity index (χ4v) is 2.38. The van der Waals surface area contributed by atoms with Crippen LogP contribution in [-0.4, -0.2) is 9.97 Å². The summed E-state index contributed by atoms with van der Waals surface area (Å²) in [6, 6.07) is 3.68. The van der Waals surface area contributed by atoms with E-state index in [2.05, 4.69) is 9.97 Å². The fourth-order valence-electron chi connectivity index (χ4n) is 1.57. The van der Waals surface area contributed by atoms with Crippen LogP contribution in [0.25, 0.3) is 21.8 Å². The second kappa shape index (κ2) is 2.65. The summed E-state index contributed by atoms with van der Waals surface area (Å²) in [5, 5.41) is 5.47. The second-order valence-electron chi connectivity index (χ2n) is 3.05. The van der Waals surface area contributed by atoms with Crippen LogP contribution >= 0.6 is 11.3 Å². The minimum atomic E-state index is -0.0400. The highest BCUT2D eigenvalue weighted by atomic mass is 32.1. The average molecular weight is 202 g/mol. The van der Waals surface area contributed by atoms with Crippen LogP contribution in [0.2, 0.25) is 0 Å². The van der Waals surface area contributed by atoms with E-state index < -0.39 is 0 Å². The quantitative estimate of drug-likeness (QED) is 0.607. The third-order valence-electron chi connectivity index (χ3n) is 2.22. The Bertz CT molecular complexity index is 668. The van der Waals surface area contributed by atoms with Gasteiger partial charge in [-0.2, -0.15) is 11.3 Å². The van der Waals surface area contributed by atoms with E-state index in [0.29, 0.717) is 0 Å². The molecule has 0 atom stereocenters. The highest BCUT2D eigenvalue weighted by Crippen LogP contribution is 2.21. The van der Waals surface area contributed by atoms with Crippen molar-refractivity contribution < 1.29 is 0 Å². The first-order valence-electron chi connectivity index (χ1n) is 4.19. The largest absolute Gasteiger partial charge is 0.320 e. The summed E-state index contributed by atoms with van der Waals surface area (Å²) < 4.78 is 0. The van der Waals surface area contributed by atoms with Crippen molar-refractivity contribution in [3.63, 3.8) is 0 Å². The number of nitrogens with one attached hydrogen (secondary N) is 1. The predicted octanol–water partition coefficient (Wildman–Crippen LogP) is 2.14. The normalized spacial score (nSPS) is 11.1. The smallest absolute Gasteiger partial charge is 0.257 e. The number of hydrogen-bond donors (Lipinski definition) is 1. The van der Waals surface area contributed by atoms with Crippen LogP contribution in [0.3, 0.4) is 0 Å². The highest BCUT2D eigenvalue weighted by molar-refractivity contribution is 7.09. The summed E-state index contributed by atoms with van der Waals surface area (Å²) in [6.07, 6.45) is 1.73. The number of pyridine rings is 2. The van der Waals surface area contributed by atoms with Crippen LogP contribution < -0.4 is 5.56 Å². The Labute approximate surface area is 83.0 Å². The molecule has 14 heavy (non-hydrogen) atoms. The number of thiophene rings is 1. The molecule has 0 spiro atoms. The molecule has 3 rings (SSSR count). The van der Waals surface area contributed by atoms with Crippen molar-refractivity contribution in [2.24, 2.45) is 0 Å². The summed E-state index contributed by atoms with van der Waals surface area (Å²) in [6.45, 7) is 0. The molecule has 3 aromatic heterocycles. The molecule has 0 aromatic carbocycles. The van der Waals surface area contributed by atoms with Crippen LogP contribution in [0.1, 0.15) is 0 Å². The number of nitrogens with zero attached hydrogens (tertiary/aromatic N) is 1. The van der Waals surface area contributed by atoms with E-state index in [1.54, 1.807) is 6.20 Å². The van der Waals surface area contributed by atoms with Gasteiger partial charge < -0.3 is 4.98 Å². The summed E-state index contributed by atoms with van der Waals surface area (Å²) in [4.78, 5) is 18.6. The van der Waals surface area contributed by atoms with Crippen molar-refractivity contribution in [1.29, 1.82) is 0 Å². The van der Waals surface area contributed by atoms with E-state index in [1.807, 2.05) is 22.9 Å². The number of H-pyrrole nitrogens is 1. The first kappa shape index (κ1) is 7.70. The van der Waals surface area contributed by atoms with Gasteiger partial charge in [0.2, 0.25) is 0 Å². The van der Waals surface area contributed by atoms with Crippen molar-refractivity contribution in [3.05, 3.63) is 39.4 Å². The lowest BCUT2D eigenvalue weighted by Gasteiger charge is -1.96. The van der Waals surface area contributed by atoms with E-state index in [1.165, 1.54) is 11.3 Å². The molecular formula is C10H6N2OS. The van der Waals surface area contributed by atoms with E-state index in [9.17, 15) is 4.79 Å². The molecule has 68 valence electrons. The van der Waals surface area contributed by atoms with Crippen LogP contribution in [-0.2, 0) is 0 Å². The Kier molecular flexibility index (Phi) is 1.46. The van der Waals surface area contributed by atoms with Gasteiger partial charge in [-0.25, -0.2) is 0 Å². The Balaban J connectivity index is 2.73. The molecule has 0 saturated heterocycles. The van der Waals surface area contributed by atoms with Crippen molar-refractivity contribution in [2.75, 3.05) is 0 Å². The van der Waals surface area contributed by atoms with Gasteiger partial charge in [-0.05, 0) is 12.1 Å². The van der Waals surface area contributed by atoms with Gasteiger partial charge in [-0.15, -0.1) is 0 Å². The maximum Gasteiger partial charge on any atom is 0.257 e. The highest BCUT2D eigenvalue weighted by Gasteiger charge is 2.05. The molecule has 1 N–H and O–H groups in total. The number of rotatable bonds is 0. The third kappa shape index (κ3) is 0.914. The zero-order valence-corrected chi connectivity index (χ0v) is 7.97. The van der Waals surface area contributed by atoms with E-state index in [0.717, 1.165) is 21.8 Å². The summed E-state index contributed by atoms with van der Waals surface area (Å²) in [7, 11) is 0. The molecule has 0 amide bonds. The van der Waals surface area contributed by atoms with Gasteiger partial charge in [0.05, 0.1) is 16.4 Å². The van der Waals surface area contributed by atoms with Crippen LogP contribution in [0.4, 0.5) is 0 Å². The Morgan fingerprint density at radius 1 is 1.29 bits per heavy atom. The summed E-state index contributed by atoms with van der Waals surface area (Å²) in [5.74, 6) is 0. The molecule has 0 unspecified atom stereocenters. The van der Waals surface area contributed by atoms with Gasteiger partial charge in [-0.3, -0.25) is 9.78 Å². The molecule has 3 aromatic rings. The fraction of sp³-hybridized carbons (Fsp3) is 0. The molecule has 3 heterocycles. The molecule has 3 nitrogen and oxygen atoms in total. The van der Waals surface area contributed by atoms with Gasteiger partial charge in [0.25, 0.3) is 5.56 Å². The number of aromatic amines is 1. The zero-order valence-electron chi connectivity index (χ0n) is 7.15. The first-order chi connectivity index (χ1) is 6.86. The Morgan fingerprint density at radius 2 is 2.14 bits per heavy atom. The maximum atomic E-state index is 11.6. The summed E-state index contributed by atoms with van der Waals surface area (Å²) >= 11 is 1.52. The predicted molar refractivity (Wildman–Crippen MR) is 57.7 cm³/mol. The lowest BCUT2D eigenvalue weighted by molar-refractivity contribution is 1.31. The molecule has 0 radical (unpaired) electrons. The van der Waals surface area contributed by atoms with Crippen LogP contribution in [0, 0.1) is 0 Å². The third-order valence-corrected chi connectivity index (χ3v) is 2.96. The minimum absolute atomic E-state index is 0.0400. The lowest BCUT2D eigenvalue weighted by Crippen LogP contribution is -2.04. The standard InChI is InChI=1S/C10H6N2OS/c13-10-7-5-14-4-6(7)9-8(12-10)2-1-3-11-9/h1-5H,(H,12,13). The minimum Gasteiger partial charge on any atom is -0.320 e. The molecule has 0 aliphatic carbocycles. The molecular weight excluding hydrogens is 196 g/mol. The zero-order chi connectivity index (χ0) is 9.54. The van der Waals surface area contributed by atoms with Crippen molar-refractivity contribution in [2.45, 2.75) is 0 Å². The number of aromatic nitrogens is 2. The van der Waals surface area contributed by atoms with Gasteiger partial charge in [0.1, 0.15) is 0 Å². The molecule has 0 saturated carbocycles. The molecule has 4 heteroatoms.